The number of hydrogen-bond donors (Lipinski definition) is 1. The number of carbonyl (C=O) groups is 1. The van der Waals surface area contributed by atoms with Crippen molar-refractivity contribution in [2.45, 2.75) is 44.6 Å². The Morgan fingerprint density at radius 3 is 2.85 bits per heavy atom. The Hall–Kier alpha value is -0.370. The number of hydrogen-bond acceptors (Lipinski definition) is 2. The van der Waals surface area contributed by atoms with E-state index in [4.69, 9.17) is 0 Å². The number of aliphatic hydroxyl groups excluding tert-OH is 1. The van der Waals surface area contributed by atoms with Gasteiger partial charge in [-0.3, -0.25) is 4.79 Å². The third kappa shape index (κ3) is 0.762. The van der Waals surface area contributed by atoms with E-state index in [0.717, 1.165) is 38.5 Å². The number of carbonyl (C=O) groups excluding carboxylic acids is 1. The van der Waals surface area contributed by atoms with Gasteiger partial charge in [0.2, 0.25) is 0 Å². The molecule has 3 rings (SSSR count). The lowest BCUT2D eigenvalue weighted by Crippen LogP contribution is -2.57. The standard InChI is InChI=1S/C11H16O2/c12-9-4-3-7-6-10(13)11(7)5-1-2-8(9)11/h7-9,12H,1-6H2/t7-,8+,9+,11+/m0/s1. The van der Waals surface area contributed by atoms with Gasteiger partial charge in [-0.2, -0.15) is 0 Å². The zero-order valence-corrected chi connectivity index (χ0v) is 7.83. The highest BCUT2D eigenvalue weighted by Gasteiger charge is 2.63. The first-order chi connectivity index (χ1) is 6.25. The average Bonchev–Trinajstić information content (AvgIpc) is 2.57. The van der Waals surface area contributed by atoms with E-state index in [2.05, 4.69) is 0 Å². The van der Waals surface area contributed by atoms with Crippen LogP contribution in [0.5, 0.6) is 0 Å². The van der Waals surface area contributed by atoms with E-state index in [1.165, 1.54) is 0 Å². The van der Waals surface area contributed by atoms with Crippen LogP contribution in [0, 0.1) is 17.3 Å². The highest BCUT2D eigenvalue weighted by Crippen LogP contribution is 2.63. The summed E-state index contributed by atoms with van der Waals surface area (Å²) in [6.45, 7) is 0. The van der Waals surface area contributed by atoms with E-state index in [1.54, 1.807) is 0 Å². The minimum atomic E-state index is -0.178. The Morgan fingerprint density at radius 2 is 2.15 bits per heavy atom. The summed E-state index contributed by atoms with van der Waals surface area (Å²) in [6, 6.07) is 0. The zero-order valence-electron chi connectivity index (χ0n) is 7.83. The molecule has 1 spiro atoms. The molecule has 2 heteroatoms. The predicted molar refractivity (Wildman–Crippen MR) is 48.1 cm³/mol. The zero-order chi connectivity index (χ0) is 9.05. The van der Waals surface area contributed by atoms with Crippen LogP contribution in [0.25, 0.3) is 0 Å². The fourth-order valence-electron chi connectivity index (χ4n) is 4.07. The van der Waals surface area contributed by atoms with Crippen molar-refractivity contribution in [1.82, 2.24) is 0 Å². The van der Waals surface area contributed by atoms with Crippen molar-refractivity contribution in [1.29, 1.82) is 0 Å². The summed E-state index contributed by atoms with van der Waals surface area (Å²) in [6.07, 6.45) is 5.96. The monoisotopic (exact) mass is 180 g/mol. The molecule has 3 fully saturated rings. The first-order valence-electron chi connectivity index (χ1n) is 5.46. The molecule has 2 nitrogen and oxygen atoms in total. The molecule has 1 N–H and O–H groups in total. The maximum absolute atomic E-state index is 11.7. The van der Waals surface area contributed by atoms with Gasteiger partial charge in [0.15, 0.2) is 0 Å². The van der Waals surface area contributed by atoms with Gasteiger partial charge in [0.25, 0.3) is 0 Å². The number of rotatable bonds is 0. The molecule has 0 heterocycles. The molecule has 3 aliphatic rings. The molecule has 0 unspecified atom stereocenters. The van der Waals surface area contributed by atoms with E-state index in [1.807, 2.05) is 0 Å². The van der Waals surface area contributed by atoms with Crippen LogP contribution in [0.4, 0.5) is 0 Å². The molecule has 0 saturated heterocycles. The van der Waals surface area contributed by atoms with Crippen LogP contribution in [0.1, 0.15) is 38.5 Å². The largest absolute Gasteiger partial charge is 0.393 e. The summed E-state index contributed by atoms with van der Waals surface area (Å²) in [5.74, 6) is 1.42. The van der Waals surface area contributed by atoms with Crippen molar-refractivity contribution in [2.24, 2.45) is 17.3 Å². The van der Waals surface area contributed by atoms with Crippen LogP contribution in [-0.4, -0.2) is 17.0 Å². The minimum Gasteiger partial charge on any atom is -0.393 e. The third-order valence-electron chi connectivity index (χ3n) is 4.72. The molecule has 3 aliphatic carbocycles. The predicted octanol–water partition coefficient (Wildman–Crippen LogP) is 1.52. The van der Waals surface area contributed by atoms with Gasteiger partial charge in [0.1, 0.15) is 5.78 Å². The molecule has 0 amide bonds. The Kier molecular flexibility index (Phi) is 1.44. The molecule has 0 aromatic carbocycles. The van der Waals surface area contributed by atoms with E-state index in [0.29, 0.717) is 17.6 Å². The van der Waals surface area contributed by atoms with Crippen molar-refractivity contribution in [2.75, 3.05) is 0 Å². The molecule has 0 aromatic rings. The molecular formula is C11H16O2. The highest BCUT2D eigenvalue weighted by molar-refractivity contribution is 5.92. The molecule has 13 heavy (non-hydrogen) atoms. The fraction of sp³-hybridized carbons (Fsp3) is 0.909. The minimum absolute atomic E-state index is 0.0301. The second kappa shape index (κ2) is 2.35. The summed E-state index contributed by atoms with van der Waals surface area (Å²) in [5, 5.41) is 9.86. The molecule has 0 aromatic heterocycles. The smallest absolute Gasteiger partial charge is 0.140 e. The van der Waals surface area contributed by atoms with E-state index in [-0.39, 0.29) is 11.5 Å². The number of Topliss-reactive ketones (excluding diaryl/α,β-unsaturated/α-hetero) is 1. The van der Waals surface area contributed by atoms with Crippen LogP contribution in [-0.2, 0) is 4.79 Å². The molecule has 72 valence electrons. The van der Waals surface area contributed by atoms with Gasteiger partial charge in [0.05, 0.1) is 6.10 Å². The second-order valence-corrected chi connectivity index (χ2v) is 5.01. The summed E-state index contributed by atoms with van der Waals surface area (Å²) in [7, 11) is 0. The Balaban J connectivity index is 1.98. The lowest BCUT2D eigenvalue weighted by atomic mass is 9.49. The van der Waals surface area contributed by atoms with Crippen LogP contribution in [0.3, 0.4) is 0 Å². The average molecular weight is 180 g/mol. The maximum Gasteiger partial charge on any atom is 0.140 e. The fourth-order valence-corrected chi connectivity index (χ4v) is 4.07. The molecule has 4 atom stereocenters. The van der Waals surface area contributed by atoms with Crippen LogP contribution in [0.2, 0.25) is 0 Å². The maximum atomic E-state index is 11.7. The quantitative estimate of drug-likeness (QED) is 0.613. The van der Waals surface area contributed by atoms with Crippen molar-refractivity contribution in [3.05, 3.63) is 0 Å². The normalized spacial score (nSPS) is 53.9. The molecule has 0 aliphatic heterocycles. The Bertz CT molecular complexity index is 261. The first kappa shape index (κ1) is 7.98. The van der Waals surface area contributed by atoms with Crippen molar-refractivity contribution in [3.63, 3.8) is 0 Å². The molecular weight excluding hydrogens is 164 g/mol. The molecule has 0 radical (unpaired) electrons. The molecule has 3 saturated carbocycles. The summed E-state index contributed by atoms with van der Waals surface area (Å²) >= 11 is 0. The van der Waals surface area contributed by atoms with Gasteiger partial charge < -0.3 is 5.11 Å². The lowest BCUT2D eigenvalue weighted by molar-refractivity contribution is -0.163. The Labute approximate surface area is 78.3 Å². The number of aliphatic hydroxyl groups is 1. The first-order valence-corrected chi connectivity index (χ1v) is 5.46. The van der Waals surface area contributed by atoms with Gasteiger partial charge in [-0.25, -0.2) is 0 Å². The summed E-state index contributed by atoms with van der Waals surface area (Å²) in [5.41, 5.74) is -0.0301. The Morgan fingerprint density at radius 1 is 1.31 bits per heavy atom. The third-order valence-corrected chi connectivity index (χ3v) is 4.72. The SMILES string of the molecule is O=C1C[C@@H]2CC[C@@H](O)[C@H]3CCC[C@@]123. The lowest BCUT2D eigenvalue weighted by Gasteiger charge is -2.54. The van der Waals surface area contributed by atoms with Gasteiger partial charge in [-0.05, 0) is 37.5 Å². The van der Waals surface area contributed by atoms with Crippen LogP contribution >= 0.6 is 0 Å². The van der Waals surface area contributed by atoms with E-state index >= 15 is 0 Å². The van der Waals surface area contributed by atoms with Crippen molar-refractivity contribution in [3.8, 4) is 0 Å². The summed E-state index contributed by atoms with van der Waals surface area (Å²) < 4.78 is 0. The van der Waals surface area contributed by atoms with Crippen LogP contribution in [0.15, 0.2) is 0 Å². The topological polar surface area (TPSA) is 37.3 Å². The van der Waals surface area contributed by atoms with E-state index in [9.17, 15) is 9.90 Å². The van der Waals surface area contributed by atoms with Gasteiger partial charge in [-0.15, -0.1) is 0 Å². The summed E-state index contributed by atoms with van der Waals surface area (Å²) in [4.78, 5) is 11.7. The van der Waals surface area contributed by atoms with Gasteiger partial charge in [0, 0.05) is 11.8 Å². The van der Waals surface area contributed by atoms with E-state index < -0.39 is 0 Å². The molecule has 0 bridgehead atoms. The van der Waals surface area contributed by atoms with Crippen molar-refractivity contribution >= 4 is 5.78 Å². The van der Waals surface area contributed by atoms with Gasteiger partial charge >= 0.3 is 0 Å². The number of ketones is 1. The van der Waals surface area contributed by atoms with Gasteiger partial charge in [-0.1, -0.05) is 6.42 Å². The van der Waals surface area contributed by atoms with Crippen LogP contribution < -0.4 is 0 Å². The second-order valence-electron chi connectivity index (χ2n) is 5.01. The highest BCUT2D eigenvalue weighted by atomic mass is 16.3. The van der Waals surface area contributed by atoms with Crippen molar-refractivity contribution < 1.29 is 9.90 Å².